The Morgan fingerprint density at radius 1 is 1.26 bits per heavy atom. The number of aliphatic hydroxyl groups excluding tert-OH is 1. The highest BCUT2D eigenvalue weighted by molar-refractivity contribution is 8.00. The number of aliphatic carboxylic acids is 1. The lowest BCUT2D eigenvalue weighted by molar-refractivity contribution is -0.146. The molecule has 0 saturated carbocycles. The molecule has 0 saturated heterocycles. The van der Waals surface area contributed by atoms with Crippen LogP contribution in [0.1, 0.15) is 33.1 Å². The molecular formula is C12H24N2O4S. The van der Waals surface area contributed by atoms with Crippen LogP contribution < -0.4 is 10.6 Å². The number of hydrogen-bond acceptors (Lipinski definition) is 4. The minimum Gasteiger partial charge on any atom is -0.479 e. The smallest absolute Gasteiger partial charge is 0.332 e. The monoisotopic (exact) mass is 292 g/mol. The van der Waals surface area contributed by atoms with E-state index in [1.807, 2.05) is 6.26 Å². The third-order valence-electron chi connectivity index (χ3n) is 3.28. The summed E-state index contributed by atoms with van der Waals surface area (Å²) in [6.45, 7) is 4.86. The van der Waals surface area contributed by atoms with Crippen LogP contribution in [-0.2, 0) is 4.79 Å². The van der Waals surface area contributed by atoms with Gasteiger partial charge < -0.3 is 20.8 Å². The van der Waals surface area contributed by atoms with E-state index in [1.165, 1.54) is 0 Å². The topological polar surface area (TPSA) is 98.7 Å². The van der Waals surface area contributed by atoms with Crippen LogP contribution in [0.3, 0.4) is 0 Å². The molecule has 0 unspecified atom stereocenters. The molecule has 0 bridgehead atoms. The Hall–Kier alpha value is -0.950. The molecule has 0 spiro atoms. The zero-order valence-electron chi connectivity index (χ0n) is 11.7. The van der Waals surface area contributed by atoms with Crippen molar-refractivity contribution in [2.45, 2.75) is 44.0 Å². The second-order valence-corrected chi connectivity index (χ2v) is 5.62. The lowest BCUT2D eigenvalue weighted by Gasteiger charge is -2.29. The maximum atomic E-state index is 11.5. The maximum absolute atomic E-state index is 11.5. The van der Waals surface area contributed by atoms with Gasteiger partial charge >= 0.3 is 12.0 Å². The summed E-state index contributed by atoms with van der Waals surface area (Å²) in [5.41, 5.74) is 0. The van der Waals surface area contributed by atoms with E-state index in [0.717, 1.165) is 12.8 Å². The van der Waals surface area contributed by atoms with Crippen molar-refractivity contribution in [2.24, 2.45) is 0 Å². The molecule has 0 fully saturated rings. The molecule has 0 aliphatic rings. The predicted octanol–water partition coefficient (Wildman–Crippen LogP) is 1.04. The van der Waals surface area contributed by atoms with E-state index < -0.39 is 12.1 Å². The predicted molar refractivity (Wildman–Crippen MR) is 76.5 cm³/mol. The average molecular weight is 292 g/mol. The first-order chi connectivity index (χ1) is 8.90. The van der Waals surface area contributed by atoms with Crippen molar-refractivity contribution < 1.29 is 19.8 Å². The lowest BCUT2D eigenvalue weighted by Crippen LogP contribution is -2.44. The van der Waals surface area contributed by atoms with Gasteiger partial charge in [-0.1, -0.05) is 13.8 Å². The van der Waals surface area contributed by atoms with Crippen LogP contribution in [0.5, 0.6) is 0 Å². The summed E-state index contributed by atoms with van der Waals surface area (Å²) in [6.07, 6.45) is 2.51. The summed E-state index contributed by atoms with van der Waals surface area (Å²) >= 11 is 1.73. The van der Waals surface area contributed by atoms with E-state index in [2.05, 4.69) is 24.5 Å². The van der Waals surface area contributed by atoms with Gasteiger partial charge in [-0.2, -0.15) is 11.8 Å². The van der Waals surface area contributed by atoms with E-state index in [-0.39, 0.29) is 23.7 Å². The summed E-state index contributed by atoms with van der Waals surface area (Å²) in [7, 11) is 0. The Labute approximate surface area is 118 Å². The molecule has 2 amide bonds. The number of carbonyl (C=O) groups is 2. The summed E-state index contributed by atoms with van der Waals surface area (Å²) in [6, 6.07) is -0.335. The number of nitrogens with one attached hydrogen (secondary N) is 2. The Bertz CT molecular complexity index is 287. The second-order valence-electron chi connectivity index (χ2n) is 4.35. The highest BCUT2D eigenvalue weighted by atomic mass is 32.2. The van der Waals surface area contributed by atoms with Crippen LogP contribution in [0.2, 0.25) is 0 Å². The van der Waals surface area contributed by atoms with Crippen molar-refractivity contribution in [3.63, 3.8) is 0 Å². The van der Waals surface area contributed by atoms with Gasteiger partial charge in [0.25, 0.3) is 0 Å². The van der Waals surface area contributed by atoms with Crippen LogP contribution in [0.25, 0.3) is 0 Å². The first kappa shape index (κ1) is 18.0. The Morgan fingerprint density at radius 2 is 1.84 bits per heavy atom. The zero-order chi connectivity index (χ0) is 14.9. The van der Waals surface area contributed by atoms with Gasteiger partial charge in [0.15, 0.2) is 6.10 Å². The number of urea groups is 1. The highest BCUT2D eigenvalue weighted by Gasteiger charge is 2.25. The second kappa shape index (κ2) is 9.03. The van der Waals surface area contributed by atoms with Gasteiger partial charge in [0.2, 0.25) is 0 Å². The zero-order valence-corrected chi connectivity index (χ0v) is 12.5. The number of carboxylic acids is 1. The lowest BCUT2D eigenvalue weighted by atomic mass is 10.0. The molecule has 0 heterocycles. The summed E-state index contributed by atoms with van der Waals surface area (Å²) in [5.74, 6) is -1.28. The molecular weight excluding hydrogens is 268 g/mol. The van der Waals surface area contributed by atoms with Crippen molar-refractivity contribution in [3.05, 3.63) is 0 Å². The quantitative estimate of drug-likeness (QED) is 0.509. The van der Waals surface area contributed by atoms with Gasteiger partial charge in [0.1, 0.15) is 0 Å². The van der Waals surface area contributed by atoms with Gasteiger partial charge in [0.05, 0.1) is 0 Å². The minimum atomic E-state index is -1.43. The van der Waals surface area contributed by atoms with Crippen molar-refractivity contribution >= 4 is 23.8 Å². The van der Waals surface area contributed by atoms with E-state index >= 15 is 0 Å². The fraction of sp³-hybridized carbons (Fsp3) is 0.833. The van der Waals surface area contributed by atoms with E-state index in [0.29, 0.717) is 6.54 Å². The normalized spacial score (nSPS) is 12.8. The molecule has 0 rings (SSSR count). The van der Waals surface area contributed by atoms with E-state index in [9.17, 15) is 9.59 Å². The number of amides is 2. The van der Waals surface area contributed by atoms with Gasteiger partial charge in [0, 0.05) is 24.3 Å². The molecule has 1 atom stereocenters. The SMILES string of the molecule is CCC(CC)(CNC(=O)NCC[C@H](O)C(=O)O)SC. The minimum absolute atomic E-state index is 0.00200. The van der Waals surface area contributed by atoms with Gasteiger partial charge in [-0.05, 0) is 19.1 Å². The molecule has 0 aliphatic carbocycles. The number of hydrogen-bond donors (Lipinski definition) is 4. The summed E-state index contributed by atoms with van der Waals surface area (Å²) in [4.78, 5) is 21.9. The first-order valence-electron chi connectivity index (χ1n) is 6.38. The number of carbonyl (C=O) groups excluding carboxylic acids is 1. The Kier molecular flexibility index (Phi) is 8.58. The van der Waals surface area contributed by atoms with Crippen LogP contribution >= 0.6 is 11.8 Å². The third-order valence-corrected chi connectivity index (χ3v) is 4.87. The molecule has 0 aromatic carbocycles. The molecule has 112 valence electrons. The molecule has 0 aromatic heterocycles. The van der Waals surface area contributed by atoms with Crippen molar-refractivity contribution in [1.29, 1.82) is 0 Å². The van der Waals surface area contributed by atoms with Gasteiger partial charge in [-0.3, -0.25) is 0 Å². The highest BCUT2D eigenvalue weighted by Crippen LogP contribution is 2.29. The van der Waals surface area contributed by atoms with Crippen LogP contribution in [-0.4, -0.2) is 52.4 Å². The van der Waals surface area contributed by atoms with Crippen molar-refractivity contribution in [1.82, 2.24) is 10.6 Å². The van der Waals surface area contributed by atoms with Crippen LogP contribution in [0.4, 0.5) is 4.79 Å². The standard InChI is InChI=1S/C12H24N2O4S/c1-4-12(5-2,19-3)8-14-11(18)13-7-6-9(15)10(16)17/h9,15H,4-8H2,1-3H3,(H,16,17)(H2,13,14,18)/t9-/m0/s1. The molecule has 4 N–H and O–H groups in total. The summed E-state index contributed by atoms with van der Waals surface area (Å²) < 4.78 is 0.0396. The van der Waals surface area contributed by atoms with E-state index in [4.69, 9.17) is 10.2 Å². The number of rotatable bonds is 9. The van der Waals surface area contributed by atoms with Crippen molar-refractivity contribution in [3.8, 4) is 0 Å². The fourth-order valence-corrected chi connectivity index (χ4v) is 2.40. The van der Waals surface area contributed by atoms with Gasteiger partial charge in [-0.25, -0.2) is 9.59 Å². The molecule has 6 nitrogen and oxygen atoms in total. The summed E-state index contributed by atoms with van der Waals surface area (Å²) in [5, 5.41) is 22.8. The number of thioether (sulfide) groups is 1. The van der Waals surface area contributed by atoms with E-state index in [1.54, 1.807) is 11.8 Å². The maximum Gasteiger partial charge on any atom is 0.332 e. The first-order valence-corrected chi connectivity index (χ1v) is 7.61. The van der Waals surface area contributed by atoms with Crippen LogP contribution in [0, 0.1) is 0 Å². The number of aliphatic hydroxyl groups is 1. The largest absolute Gasteiger partial charge is 0.479 e. The molecule has 0 aliphatic heterocycles. The fourth-order valence-electron chi connectivity index (χ4n) is 1.61. The van der Waals surface area contributed by atoms with Crippen LogP contribution in [0.15, 0.2) is 0 Å². The van der Waals surface area contributed by atoms with Gasteiger partial charge in [-0.15, -0.1) is 0 Å². The Balaban J connectivity index is 3.96. The molecule has 7 heteroatoms. The average Bonchev–Trinajstić information content (AvgIpc) is 2.40. The van der Waals surface area contributed by atoms with Crippen molar-refractivity contribution in [2.75, 3.05) is 19.3 Å². The molecule has 0 aromatic rings. The molecule has 19 heavy (non-hydrogen) atoms. The third kappa shape index (κ3) is 6.68. The molecule has 0 radical (unpaired) electrons. The number of carboxylic acid groups (broad SMARTS) is 1. The Morgan fingerprint density at radius 3 is 2.26 bits per heavy atom.